The van der Waals surface area contributed by atoms with Crippen molar-refractivity contribution in [3.8, 4) is 0 Å². The monoisotopic (exact) mass is 420 g/mol. The van der Waals surface area contributed by atoms with Crippen LogP contribution < -0.4 is 10.5 Å². The van der Waals surface area contributed by atoms with E-state index in [4.69, 9.17) is 5.73 Å². The highest BCUT2D eigenvalue weighted by molar-refractivity contribution is 7.89. The highest BCUT2D eigenvalue weighted by atomic mass is 35.5. The van der Waals surface area contributed by atoms with Crippen molar-refractivity contribution in [2.24, 2.45) is 11.7 Å². The molecule has 0 unspecified atom stereocenters. The number of aryl methyl sites for hydroxylation is 1. The van der Waals surface area contributed by atoms with Crippen LogP contribution in [-0.4, -0.2) is 20.2 Å². The van der Waals surface area contributed by atoms with Crippen LogP contribution in [0.2, 0.25) is 0 Å². The fourth-order valence-electron chi connectivity index (χ4n) is 4.06. The Morgan fingerprint density at radius 2 is 1.75 bits per heavy atom. The lowest BCUT2D eigenvalue weighted by Gasteiger charge is -2.32. The van der Waals surface area contributed by atoms with Gasteiger partial charge in [-0.15, -0.1) is 12.4 Å². The Labute approximate surface area is 174 Å². The normalized spacial score (nSPS) is 21.6. The van der Waals surface area contributed by atoms with Gasteiger partial charge in [0.15, 0.2) is 0 Å². The fraction of sp³-hybridized carbons (Fsp3) is 0.455. The van der Waals surface area contributed by atoms with Gasteiger partial charge in [0.05, 0.1) is 5.75 Å². The van der Waals surface area contributed by atoms with E-state index in [-0.39, 0.29) is 30.1 Å². The zero-order valence-electron chi connectivity index (χ0n) is 16.0. The van der Waals surface area contributed by atoms with Gasteiger partial charge in [0, 0.05) is 18.5 Å². The average molecular weight is 421 g/mol. The largest absolute Gasteiger partial charge is 0.327 e. The van der Waals surface area contributed by atoms with Gasteiger partial charge in [0.25, 0.3) is 0 Å². The number of hydrogen-bond acceptors (Lipinski definition) is 3. The average Bonchev–Trinajstić information content (AvgIpc) is 3.46. The van der Waals surface area contributed by atoms with Crippen molar-refractivity contribution >= 4 is 22.4 Å². The second-order valence-corrected chi connectivity index (χ2v) is 9.93. The van der Waals surface area contributed by atoms with E-state index in [0.29, 0.717) is 12.5 Å². The van der Waals surface area contributed by atoms with E-state index in [1.54, 1.807) is 0 Å². The van der Waals surface area contributed by atoms with Crippen LogP contribution in [0.5, 0.6) is 0 Å². The first-order chi connectivity index (χ1) is 13.0. The summed E-state index contributed by atoms with van der Waals surface area (Å²) in [6, 6.07) is 17.0. The fourth-order valence-corrected chi connectivity index (χ4v) is 5.52. The molecule has 2 atom stereocenters. The summed E-state index contributed by atoms with van der Waals surface area (Å²) in [5.74, 6) is 0.901. The molecule has 0 aliphatic heterocycles. The number of hydrogen-bond donors (Lipinski definition) is 2. The highest BCUT2D eigenvalue weighted by Crippen LogP contribution is 2.34. The maximum absolute atomic E-state index is 12.2. The summed E-state index contributed by atoms with van der Waals surface area (Å²) in [7, 11) is -3.19. The molecule has 0 amide bonds. The lowest BCUT2D eigenvalue weighted by Crippen LogP contribution is -2.34. The second kappa shape index (κ2) is 8.95. The molecule has 0 saturated heterocycles. The lowest BCUT2D eigenvalue weighted by atomic mass is 9.76. The molecule has 0 aromatic heterocycles. The molecule has 2 aliphatic carbocycles. The minimum Gasteiger partial charge on any atom is -0.327 e. The van der Waals surface area contributed by atoms with Crippen molar-refractivity contribution in [1.29, 1.82) is 0 Å². The summed E-state index contributed by atoms with van der Waals surface area (Å²) >= 11 is 0. The maximum atomic E-state index is 12.2. The van der Waals surface area contributed by atoms with E-state index >= 15 is 0 Å². The van der Waals surface area contributed by atoms with E-state index in [1.807, 2.05) is 6.07 Å². The Balaban J connectivity index is 0.00000225. The molecule has 4 rings (SSSR count). The molecule has 6 heteroatoms. The molecule has 2 aromatic carbocycles. The van der Waals surface area contributed by atoms with Crippen molar-refractivity contribution in [1.82, 2.24) is 4.72 Å². The summed E-state index contributed by atoms with van der Waals surface area (Å²) in [4.78, 5) is 0. The molecule has 0 spiro atoms. The summed E-state index contributed by atoms with van der Waals surface area (Å²) < 4.78 is 27.1. The van der Waals surface area contributed by atoms with Gasteiger partial charge in [-0.3, -0.25) is 0 Å². The van der Waals surface area contributed by atoms with Crippen LogP contribution in [0.1, 0.15) is 47.4 Å². The van der Waals surface area contributed by atoms with E-state index in [9.17, 15) is 8.42 Å². The number of benzene rings is 2. The van der Waals surface area contributed by atoms with Gasteiger partial charge in [-0.05, 0) is 60.3 Å². The van der Waals surface area contributed by atoms with E-state index in [2.05, 4.69) is 47.2 Å². The Morgan fingerprint density at radius 1 is 1.00 bits per heavy atom. The Bertz CT molecular complexity index is 898. The number of halogens is 1. The van der Waals surface area contributed by atoms with Crippen LogP contribution >= 0.6 is 12.4 Å². The molecule has 152 valence electrons. The van der Waals surface area contributed by atoms with Crippen LogP contribution in [0.25, 0.3) is 0 Å². The maximum Gasteiger partial charge on any atom is 0.212 e. The SMILES string of the molecule is Cl.N[C@@H]1CCc2ccc(CNS(=O)(=O)CC3CC3)cc2[C@@H]1Cc1ccccc1. The molecule has 2 aliphatic rings. The van der Waals surface area contributed by atoms with E-state index in [0.717, 1.165) is 37.7 Å². The summed E-state index contributed by atoms with van der Waals surface area (Å²) in [5.41, 5.74) is 11.4. The Kier molecular flexibility index (Phi) is 6.81. The molecule has 28 heavy (non-hydrogen) atoms. The summed E-state index contributed by atoms with van der Waals surface area (Å²) in [5, 5.41) is 0. The first kappa shape index (κ1) is 21.3. The Morgan fingerprint density at radius 3 is 2.46 bits per heavy atom. The van der Waals surface area contributed by atoms with Crippen LogP contribution in [0.4, 0.5) is 0 Å². The third-order valence-electron chi connectivity index (χ3n) is 5.82. The molecule has 3 N–H and O–H groups in total. The molecule has 0 heterocycles. The van der Waals surface area contributed by atoms with Crippen LogP contribution in [0.3, 0.4) is 0 Å². The molecule has 1 saturated carbocycles. The standard InChI is InChI=1S/C22H28N2O2S.ClH/c23-22-11-10-19-9-8-18(14-24-27(25,26)15-17-6-7-17)13-20(19)21(22)12-16-4-2-1-3-5-16;/h1-5,8-9,13,17,21-22,24H,6-7,10-12,14-15,23H2;1H/t21-,22+;/m0./s1. The van der Waals surface area contributed by atoms with Gasteiger partial charge in [-0.1, -0.05) is 48.5 Å². The summed E-state index contributed by atoms with van der Waals surface area (Å²) in [6.07, 6.45) is 5.00. The third kappa shape index (κ3) is 5.35. The zero-order chi connectivity index (χ0) is 18.9. The van der Waals surface area contributed by atoms with Gasteiger partial charge in [-0.2, -0.15) is 0 Å². The van der Waals surface area contributed by atoms with Crippen LogP contribution in [0, 0.1) is 5.92 Å². The Hall–Kier alpha value is -1.40. The minimum absolute atomic E-state index is 0. The zero-order valence-corrected chi connectivity index (χ0v) is 17.6. The number of rotatable bonds is 7. The number of sulfonamides is 1. The van der Waals surface area contributed by atoms with E-state index in [1.165, 1.54) is 16.7 Å². The van der Waals surface area contributed by atoms with Gasteiger partial charge in [0.2, 0.25) is 10.0 Å². The van der Waals surface area contributed by atoms with Crippen molar-refractivity contribution in [3.63, 3.8) is 0 Å². The molecule has 4 nitrogen and oxygen atoms in total. The first-order valence-electron chi connectivity index (χ1n) is 9.89. The smallest absolute Gasteiger partial charge is 0.212 e. The summed E-state index contributed by atoms with van der Waals surface area (Å²) in [6.45, 7) is 0.357. The predicted octanol–water partition coefficient (Wildman–Crippen LogP) is 3.54. The topological polar surface area (TPSA) is 72.2 Å². The molecular weight excluding hydrogens is 392 g/mol. The number of nitrogens with one attached hydrogen (secondary N) is 1. The molecule has 1 fully saturated rings. The van der Waals surface area contributed by atoms with Gasteiger partial charge < -0.3 is 5.73 Å². The van der Waals surface area contributed by atoms with Gasteiger partial charge >= 0.3 is 0 Å². The third-order valence-corrected chi connectivity index (χ3v) is 7.31. The van der Waals surface area contributed by atoms with Crippen molar-refractivity contribution in [3.05, 3.63) is 70.8 Å². The van der Waals surface area contributed by atoms with Gasteiger partial charge in [-0.25, -0.2) is 13.1 Å². The highest BCUT2D eigenvalue weighted by Gasteiger charge is 2.29. The van der Waals surface area contributed by atoms with Crippen molar-refractivity contribution in [2.45, 2.75) is 50.6 Å². The molecule has 0 radical (unpaired) electrons. The van der Waals surface area contributed by atoms with Crippen LogP contribution in [0.15, 0.2) is 48.5 Å². The van der Waals surface area contributed by atoms with E-state index < -0.39 is 10.0 Å². The number of fused-ring (bicyclic) bond motifs is 1. The lowest BCUT2D eigenvalue weighted by molar-refractivity contribution is 0.467. The minimum atomic E-state index is -3.19. The first-order valence-corrected chi connectivity index (χ1v) is 11.5. The second-order valence-electron chi connectivity index (χ2n) is 8.08. The molecule has 2 aromatic rings. The molecular formula is C22H29ClN2O2S. The molecule has 0 bridgehead atoms. The van der Waals surface area contributed by atoms with Crippen molar-refractivity contribution < 1.29 is 8.42 Å². The quantitative estimate of drug-likeness (QED) is 0.719. The number of nitrogens with two attached hydrogens (primary N) is 1. The van der Waals surface area contributed by atoms with Crippen LogP contribution in [-0.2, 0) is 29.4 Å². The van der Waals surface area contributed by atoms with Gasteiger partial charge in [0.1, 0.15) is 0 Å². The predicted molar refractivity (Wildman–Crippen MR) is 116 cm³/mol. The van der Waals surface area contributed by atoms with Crippen molar-refractivity contribution in [2.75, 3.05) is 5.75 Å².